The number of carbonyl (C=O) groups is 1. The molecule has 2 N–H and O–H groups in total. The number of pyridine rings is 1. The molecular weight excluding hydrogens is 349 g/mol. The van der Waals surface area contributed by atoms with Crippen LogP contribution >= 0.6 is 23.2 Å². The van der Waals surface area contributed by atoms with Crippen molar-refractivity contribution in [2.45, 2.75) is 18.9 Å². The first kappa shape index (κ1) is 17.0. The Morgan fingerprint density at radius 1 is 1.12 bits per heavy atom. The molecule has 0 saturated carbocycles. The van der Waals surface area contributed by atoms with Gasteiger partial charge in [-0.2, -0.15) is 0 Å². The van der Waals surface area contributed by atoms with Crippen molar-refractivity contribution in [2.75, 3.05) is 23.3 Å². The number of benzene rings is 1. The number of amides is 1. The number of hydrogen-bond donors (Lipinski definition) is 2. The molecule has 7 heteroatoms. The summed E-state index contributed by atoms with van der Waals surface area (Å²) in [5, 5.41) is 12.8. The zero-order valence-electron chi connectivity index (χ0n) is 12.9. The van der Waals surface area contributed by atoms with Gasteiger partial charge in [0.25, 0.3) is 5.91 Å². The van der Waals surface area contributed by atoms with E-state index in [1.807, 2.05) is 24.3 Å². The minimum absolute atomic E-state index is 0.0956. The van der Waals surface area contributed by atoms with E-state index < -0.39 is 5.91 Å². The number of nitrogens with zero attached hydrogens (tertiary/aromatic N) is 2. The van der Waals surface area contributed by atoms with Crippen LogP contribution in [0.1, 0.15) is 23.3 Å². The number of aliphatic hydroxyl groups is 1. The van der Waals surface area contributed by atoms with Crippen molar-refractivity contribution in [1.29, 1.82) is 0 Å². The van der Waals surface area contributed by atoms with Crippen LogP contribution in [-0.4, -0.2) is 35.2 Å². The summed E-state index contributed by atoms with van der Waals surface area (Å²) in [6.45, 7) is 1.66. The maximum atomic E-state index is 12.3. The third-order valence-corrected chi connectivity index (χ3v) is 4.50. The molecule has 1 amide bonds. The van der Waals surface area contributed by atoms with Crippen molar-refractivity contribution in [3.05, 3.63) is 52.3 Å². The van der Waals surface area contributed by atoms with E-state index in [1.54, 1.807) is 6.07 Å². The van der Waals surface area contributed by atoms with Gasteiger partial charge in [-0.1, -0.05) is 23.2 Å². The summed E-state index contributed by atoms with van der Waals surface area (Å²) in [6.07, 6.45) is 1.35. The molecule has 1 saturated heterocycles. The van der Waals surface area contributed by atoms with E-state index in [0.717, 1.165) is 31.6 Å². The number of aromatic nitrogens is 1. The summed E-state index contributed by atoms with van der Waals surface area (Å²) in [4.78, 5) is 18.4. The van der Waals surface area contributed by atoms with Crippen LogP contribution < -0.4 is 10.2 Å². The van der Waals surface area contributed by atoms with Crippen LogP contribution in [0.4, 0.5) is 11.4 Å². The number of nitrogens with one attached hydrogen (secondary N) is 1. The molecule has 1 fully saturated rings. The van der Waals surface area contributed by atoms with Gasteiger partial charge in [-0.05, 0) is 49.2 Å². The van der Waals surface area contributed by atoms with Crippen molar-refractivity contribution < 1.29 is 9.90 Å². The predicted molar refractivity (Wildman–Crippen MR) is 96.1 cm³/mol. The third-order valence-electron chi connectivity index (χ3n) is 3.98. The quantitative estimate of drug-likeness (QED) is 0.815. The molecule has 0 spiro atoms. The smallest absolute Gasteiger partial charge is 0.275 e. The molecule has 3 rings (SSSR count). The molecule has 1 aromatic heterocycles. The number of rotatable bonds is 3. The maximum absolute atomic E-state index is 12.3. The van der Waals surface area contributed by atoms with E-state index >= 15 is 0 Å². The van der Waals surface area contributed by atoms with Gasteiger partial charge in [-0.3, -0.25) is 4.79 Å². The van der Waals surface area contributed by atoms with Crippen LogP contribution in [0.3, 0.4) is 0 Å². The Balaban J connectivity index is 1.68. The lowest BCUT2D eigenvalue weighted by molar-refractivity contribution is 0.102. The summed E-state index contributed by atoms with van der Waals surface area (Å²) in [6, 6.07) is 10.6. The Morgan fingerprint density at radius 2 is 1.79 bits per heavy atom. The van der Waals surface area contributed by atoms with Gasteiger partial charge in [0.05, 0.1) is 11.1 Å². The Hall–Kier alpha value is -1.82. The Labute approximate surface area is 150 Å². The first-order chi connectivity index (χ1) is 11.5. The molecule has 2 heterocycles. The van der Waals surface area contributed by atoms with Crippen LogP contribution in [0.25, 0.3) is 0 Å². The van der Waals surface area contributed by atoms with Crippen LogP contribution in [0.15, 0.2) is 36.4 Å². The zero-order valence-corrected chi connectivity index (χ0v) is 14.4. The molecule has 0 aliphatic carbocycles. The molecule has 1 aromatic carbocycles. The first-order valence-corrected chi connectivity index (χ1v) is 8.45. The van der Waals surface area contributed by atoms with Gasteiger partial charge in [0, 0.05) is 24.5 Å². The zero-order chi connectivity index (χ0) is 17.1. The van der Waals surface area contributed by atoms with Gasteiger partial charge in [0.15, 0.2) is 0 Å². The molecule has 2 aromatic rings. The summed E-state index contributed by atoms with van der Waals surface area (Å²) in [5.74, 6) is -0.406. The van der Waals surface area contributed by atoms with E-state index in [1.165, 1.54) is 6.07 Å². The normalized spacial score (nSPS) is 15.4. The molecule has 5 nitrogen and oxygen atoms in total. The summed E-state index contributed by atoms with van der Waals surface area (Å²) in [5.41, 5.74) is 1.82. The standard InChI is InChI=1S/C17H17Cl2N3O2/c18-14-5-6-15(19)21-16(14)17(24)20-11-1-3-12(4-2-11)22-9-7-13(23)8-10-22/h1-6,13,23H,7-10H2,(H,20,24). The van der Waals surface area contributed by atoms with Crippen molar-refractivity contribution in [3.8, 4) is 0 Å². The molecule has 1 aliphatic heterocycles. The highest BCUT2D eigenvalue weighted by Crippen LogP contribution is 2.23. The predicted octanol–water partition coefficient (Wildman–Crippen LogP) is 3.60. The van der Waals surface area contributed by atoms with E-state index in [0.29, 0.717) is 5.69 Å². The van der Waals surface area contributed by atoms with Crippen molar-refractivity contribution in [3.63, 3.8) is 0 Å². The van der Waals surface area contributed by atoms with Crippen LogP contribution in [-0.2, 0) is 0 Å². The fourth-order valence-corrected chi connectivity index (χ4v) is 2.99. The lowest BCUT2D eigenvalue weighted by atomic mass is 10.1. The number of hydrogen-bond acceptors (Lipinski definition) is 4. The Kier molecular flexibility index (Phi) is 5.23. The second-order valence-electron chi connectivity index (χ2n) is 5.68. The van der Waals surface area contributed by atoms with Gasteiger partial charge in [0.1, 0.15) is 10.8 Å². The summed E-state index contributed by atoms with van der Waals surface area (Å²) >= 11 is 11.8. The number of halogens is 2. The highest BCUT2D eigenvalue weighted by Gasteiger charge is 2.17. The Bertz CT molecular complexity index is 729. The molecule has 126 valence electrons. The second kappa shape index (κ2) is 7.38. The van der Waals surface area contributed by atoms with Gasteiger partial charge in [0.2, 0.25) is 0 Å². The topological polar surface area (TPSA) is 65.5 Å². The van der Waals surface area contributed by atoms with Crippen molar-refractivity contribution in [2.24, 2.45) is 0 Å². The lowest BCUT2D eigenvalue weighted by Gasteiger charge is -2.31. The fraction of sp³-hybridized carbons (Fsp3) is 0.294. The van der Waals surface area contributed by atoms with Gasteiger partial charge < -0.3 is 15.3 Å². The molecule has 0 bridgehead atoms. The molecule has 0 radical (unpaired) electrons. The summed E-state index contributed by atoms with van der Waals surface area (Å²) in [7, 11) is 0. The summed E-state index contributed by atoms with van der Waals surface area (Å²) < 4.78 is 0. The number of carbonyl (C=O) groups excluding carboxylic acids is 1. The largest absolute Gasteiger partial charge is 0.393 e. The van der Waals surface area contributed by atoms with E-state index in [-0.39, 0.29) is 22.0 Å². The van der Waals surface area contributed by atoms with Crippen LogP contribution in [0.5, 0.6) is 0 Å². The molecule has 0 unspecified atom stereocenters. The van der Waals surface area contributed by atoms with Crippen molar-refractivity contribution in [1.82, 2.24) is 4.98 Å². The highest BCUT2D eigenvalue weighted by atomic mass is 35.5. The van der Waals surface area contributed by atoms with Gasteiger partial charge in [-0.25, -0.2) is 4.98 Å². The number of aliphatic hydroxyl groups excluding tert-OH is 1. The Morgan fingerprint density at radius 3 is 2.46 bits per heavy atom. The lowest BCUT2D eigenvalue weighted by Crippen LogP contribution is -2.35. The minimum Gasteiger partial charge on any atom is -0.393 e. The average molecular weight is 366 g/mol. The van der Waals surface area contributed by atoms with E-state index in [9.17, 15) is 9.90 Å². The molecule has 0 atom stereocenters. The van der Waals surface area contributed by atoms with Crippen LogP contribution in [0.2, 0.25) is 10.2 Å². The van der Waals surface area contributed by atoms with E-state index in [2.05, 4.69) is 15.2 Å². The fourth-order valence-electron chi connectivity index (χ4n) is 2.65. The van der Waals surface area contributed by atoms with E-state index in [4.69, 9.17) is 23.2 Å². The maximum Gasteiger partial charge on any atom is 0.275 e. The number of anilines is 2. The van der Waals surface area contributed by atoms with Gasteiger partial charge in [-0.15, -0.1) is 0 Å². The highest BCUT2D eigenvalue weighted by molar-refractivity contribution is 6.35. The first-order valence-electron chi connectivity index (χ1n) is 7.69. The minimum atomic E-state index is -0.406. The molecule has 24 heavy (non-hydrogen) atoms. The molecular formula is C17H17Cl2N3O2. The number of piperidine rings is 1. The van der Waals surface area contributed by atoms with Gasteiger partial charge >= 0.3 is 0 Å². The third kappa shape index (κ3) is 3.98. The van der Waals surface area contributed by atoms with Crippen LogP contribution in [0, 0.1) is 0 Å². The monoisotopic (exact) mass is 365 g/mol. The SMILES string of the molecule is O=C(Nc1ccc(N2CCC(O)CC2)cc1)c1nc(Cl)ccc1Cl. The second-order valence-corrected chi connectivity index (χ2v) is 6.48. The average Bonchev–Trinajstić information content (AvgIpc) is 2.58. The molecule has 1 aliphatic rings. The van der Waals surface area contributed by atoms with Crippen molar-refractivity contribution >= 4 is 40.5 Å².